The molecule has 110 valence electrons. The summed E-state index contributed by atoms with van der Waals surface area (Å²) < 4.78 is 6.40. The Morgan fingerprint density at radius 1 is 1.30 bits per heavy atom. The van der Waals surface area contributed by atoms with Crippen LogP contribution in [0.25, 0.3) is 0 Å². The SMILES string of the molecule is Nc1ccc(=O)n(CC(=O)OCCCN2CCCC2)c1. The molecule has 6 heteroatoms. The summed E-state index contributed by atoms with van der Waals surface area (Å²) in [6.07, 6.45) is 4.81. The maximum Gasteiger partial charge on any atom is 0.326 e. The molecule has 1 aromatic rings. The Labute approximate surface area is 118 Å². The third kappa shape index (κ3) is 4.38. The number of ether oxygens (including phenoxy) is 1. The fraction of sp³-hybridized carbons (Fsp3) is 0.571. The topological polar surface area (TPSA) is 77.6 Å². The van der Waals surface area contributed by atoms with Crippen molar-refractivity contribution in [3.05, 3.63) is 28.7 Å². The number of nitrogen functional groups attached to an aromatic ring is 1. The summed E-state index contributed by atoms with van der Waals surface area (Å²) in [4.78, 5) is 25.5. The first-order valence-corrected chi connectivity index (χ1v) is 6.99. The van der Waals surface area contributed by atoms with Crippen LogP contribution < -0.4 is 11.3 Å². The van der Waals surface area contributed by atoms with Crippen molar-refractivity contribution < 1.29 is 9.53 Å². The molecule has 0 amide bonds. The lowest BCUT2D eigenvalue weighted by Gasteiger charge is -2.14. The van der Waals surface area contributed by atoms with Crippen LogP contribution in [-0.2, 0) is 16.1 Å². The average molecular weight is 279 g/mol. The van der Waals surface area contributed by atoms with E-state index in [1.54, 1.807) is 0 Å². The summed E-state index contributed by atoms with van der Waals surface area (Å²) in [6, 6.07) is 2.86. The van der Waals surface area contributed by atoms with Crippen molar-refractivity contribution in [3.63, 3.8) is 0 Å². The van der Waals surface area contributed by atoms with E-state index >= 15 is 0 Å². The van der Waals surface area contributed by atoms with E-state index in [0.717, 1.165) is 26.1 Å². The molecule has 0 aliphatic carbocycles. The highest BCUT2D eigenvalue weighted by Crippen LogP contribution is 2.07. The van der Waals surface area contributed by atoms with E-state index in [1.807, 2.05) is 0 Å². The van der Waals surface area contributed by atoms with Gasteiger partial charge in [-0.2, -0.15) is 0 Å². The molecule has 0 aromatic carbocycles. The standard InChI is InChI=1S/C14H21N3O3/c15-12-4-5-13(18)17(10-12)11-14(19)20-9-3-8-16-6-1-2-7-16/h4-5,10H,1-3,6-9,11,15H2. The number of aromatic nitrogens is 1. The molecular formula is C14H21N3O3. The van der Waals surface area contributed by atoms with Crippen molar-refractivity contribution in [1.29, 1.82) is 0 Å². The highest BCUT2D eigenvalue weighted by atomic mass is 16.5. The highest BCUT2D eigenvalue weighted by Gasteiger charge is 2.11. The highest BCUT2D eigenvalue weighted by molar-refractivity contribution is 5.69. The molecule has 1 aromatic heterocycles. The maximum atomic E-state index is 11.6. The van der Waals surface area contributed by atoms with Crippen molar-refractivity contribution in [3.8, 4) is 0 Å². The summed E-state index contributed by atoms with van der Waals surface area (Å²) in [5.41, 5.74) is 5.77. The Balaban J connectivity index is 1.69. The van der Waals surface area contributed by atoms with E-state index in [4.69, 9.17) is 10.5 Å². The van der Waals surface area contributed by atoms with E-state index < -0.39 is 5.97 Å². The monoisotopic (exact) mass is 279 g/mol. The average Bonchev–Trinajstić information content (AvgIpc) is 2.92. The van der Waals surface area contributed by atoms with Gasteiger partial charge in [-0.25, -0.2) is 0 Å². The summed E-state index contributed by atoms with van der Waals surface area (Å²) in [7, 11) is 0. The molecule has 0 bridgehead atoms. The Hall–Kier alpha value is -1.82. The van der Waals surface area contributed by atoms with Gasteiger partial charge in [-0.05, 0) is 38.4 Å². The second kappa shape index (κ2) is 7.09. The molecule has 1 aliphatic rings. The first kappa shape index (κ1) is 14.6. The predicted molar refractivity (Wildman–Crippen MR) is 76.4 cm³/mol. The minimum Gasteiger partial charge on any atom is -0.464 e. The summed E-state index contributed by atoms with van der Waals surface area (Å²) in [5.74, 6) is -0.404. The van der Waals surface area contributed by atoms with Gasteiger partial charge in [0, 0.05) is 24.5 Å². The van der Waals surface area contributed by atoms with Crippen LogP contribution in [0, 0.1) is 0 Å². The number of likely N-dealkylation sites (tertiary alicyclic amines) is 1. The Morgan fingerprint density at radius 2 is 2.05 bits per heavy atom. The van der Waals surface area contributed by atoms with Crippen LogP contribution in [0.4, 0.5) is 5.69 Å². The molecule has 0 saturated carbocycles. The van der Waals surface area contributed by atoms with Gasteiger partial charge in [0.1, 0.15) is 6.54 Å². The molecule has 0 spiro atoms. The minimum absolute atomic E-state index is 0.0897. The number of esters is 1. The first-order chi connectivity index (χ1) is 9.65. The Morgan fingerprint density at radius 3 is 2.80 bits per heavy atom. The number of carbonyl (C=O) groups is 1. The molecule has 0 atom stereocenters. The van der Waals surface area contributed by atoms with Gasteiger partial charge < -0.3 is 19.9 Å². The number of anilines is 1. The van der Waals surface area contributed by atoms with E-state index in [2.05, 4.69) is 4.90 Å². The smallest absolute Gasteiger partial charge is 0.326 e. The molecule has 1 saturated heterocycles. The van der Waals surface area contributed by atoms with Crippen LogP contribution >= 0.6 is 0 Å². The second-order valence-electron chi connectivity index (χ2n) is 5.05. The zero-order chi connectivity index (χ0) is 14.4. The van der Waals surface area contributed by atoms with E-state index in [1.165, 1.54) is 35.7 Å². The van der Waals surface area contributed by atoms with Gasteiger partial charge >= 0.3 is 5.97 Å². The molecule has 6 nitrogen and oxygen atoms in total. The summed E-state index contributed by atoms with van der Waals surface area (Å²) in [5, 5.41) is 0. The third-order valence-electron chi connectivity index (χ3n) is 3.39. The largest absolute Gasteiger partial charge is 0.464 e. The molecule has 0 unspecified atom stereocenters. The van der Waals surface area contributed by atoms with Gasteiger partial charge in [-0.3, -0.25) is 9.59 Å². The summed E-state index contributed by atoms with van der Waals surface area (Å²) >= 11 is 0. The van der Waals surface area contributed by atoms with Crippen LogP contribution in [0.5, 0.6) is 0 Å². The van der Waals surface area contributed by atoms with Crippen molar-refractivity contribution in [2.75, 3.05) is 32.0 Å². The molecule has 2 heterocycles. The van der Waals surface area contributed by atoms with Gasteiger partial charge in [-0.15, -0.1) is 0 Å². The number of pyridine rings is 1. The number of hydrogen-bond acceptors (Lipinski definition) is 5. The molecule has 2 rings (SSSR count). The van der Waals surface area contributed by atoms with Crippen LogP contribution in [0.15, 0.2) is 23.1 Å². The quantitative estimate of drug-likeness (QED) is 0.604. The zero-order valence-electron chi connectivity index (χ0n) is 11.6. The Bertz CT molecular complexity index is 507. The zero-order valence-corrected chi connectivity index (χ0v) is 11.6. The fourth-order valence-corrected chi connectivity index (χ4v) is 2.34. The number of carbonyl (C=O) groups excluding carboxylic acids is 1. The van der Waals surface area contributed by atoms with E-state index in [-0.39, 0.29) is 12.1 Å². The molecular weight excluding hydrogens is 258 g/mol. The van der Waals surface area contributed by atoms with Gasteiger partial charge in [0.05, 0.1) is 6.61 Å². The summed E-state index contributed by atoms with van der Waals surface area (Å²) in [6.45, 7) is 3.56. The van der Waals surface area contributed by atoms with Crippen LogP contribution in [0.3, 0.4) is 0 Å². The Kier molecular flexibility index (Phi) is 5.17. The van der Waals surface area contributed by atoms with Gasteiger partial charge in [0.15, 0.2) is 0 Å². The lowest BCUT2D eigenvalue weighted by atomic mass is 10.4. The second-order valence-corrected chi connectivity index (χ2v) is 5.05. The lowest BCUT2D eigenvalue weighted by molar-refractivity contribution is -0.144. The van der Waals surface area contributed by atoms with Crippen LogP contribution in [-0.4, -0.2) is 41.7 Å². The normalized spacial score (nSPS) is 15.4. The minimum atomic E-state index is -0.404. The maximum absolute atomic E-state index is 11.6. The third-order valence-corrected chi connectivity index (χ3v) is 3.39. The van der Waals surface area contributed by atoms with Crippen molar-refractivity contribution in [2.45, 2.75) is 25.8 Å². The van der Waals surface area contributed by atoms with Gasteiger partial charge in [-0.1, -0.05) is 0 Å². The van der Waals surface area contributed by atoms with E-state index in [0.29, 0.717) is 12.3 Å². The van der Waals surface area contributed by atoms with Gasteiger partial charge in [0.25, 0.3) is 5.56 Å². The predicted octanol–water partition coefficient (Wildman–Crippen LogP) is 0.460. The van der Waals surface area contributed by atoms with Crippen molar-refractivity contribution >= 4 is 11.7 Å². The molecule has 1 aliphatic heterocycles. The first-order valence-electron chi connectivity index (χ1n) is 6.99. The number of nitrogens with zero attached hydrogens (tertiary/aromatic N) is 2. The number of nitrogens with two attached hydrogens (primary N) is 1. The van der Waals surface area contributed by atoms with Crippen molar-refractivity contribution in [2.24, 2.45) is 0 Å². The lowest BCUT2D eigenvalue weighted by Crippen LogP contribution is -2.26. The fourth-order valence-electron chi connectivity index (χ4n) is 2.34. The van der Waals surface area contributed by atoms with Crippen molar-refractivity contribution in [1.82, 2.24) is 9.47 Å². The molecule has 2 N–H and O–H groups in total. The van der Waals surface area contributed by atoms with Crippen LogP contribution in [0.1, 0.15) is 19.3 Å². The van der Waals surface area contributed by atoms with Crippen LogP contribution in [0.2, 0.25) is 0 Å². The van der Waals surface area contributed by atoms with Gasteiger partial charge in [0.2, 0.25) is 0 Å². The molecule has 0 radical (unpaired) electrons. The molecule has 1 fully saturated rings. The molecule has 20 heavy (non-hydrogen) atoms. The number of rotatable bonds is 6. The number of hydrogen-bond donors (Lipinski definition) is 1. The van der Waals surface area contributed by atoms with E-state index in [9.17, 15) is 9.59 Å².